The van der Waals surface area contributed by atoms with Crippen LogP contribution < -0.4 is 0 Å². The molecule has 94 valence electrons. The van der Waals surface area contributed by atoms with E-state index in [1.165, 1.54) is 5.56 Å². The van der Waals surface area contributed by atoms with E-state index in [1.807, 2.05) is 23.7 Å². The van der Waals surface area contributed by atoms with Gasteiger partial charge in [-0.3, -0.25) is 4.90 Å². The quantitative estimate of drug-likeness (QED) is 0.919. The molecule has 1 aromatic heterocycles. The largest absolute Gasteiger partial charge is 0.387 e. The Labute approximate surface area is 111 Å². The van der Waals surface area contributed by atoms with Gasteiger partial charge in [-0.05, 0) is 24.6 Å². The molecule has 1 aliphatic rings. The van der Waals surface area contributed by atoms with Crippen LogP contribution >= 0.6 is 11.3 Å². The molecule has 0 saturated carbocycles. The molecular formula is C14H16N2OS. The van der Waals surface area contributed by atoms with E-state index in [9.17, 15) is 5.11 Å². The minimum absolute atomic E-state index is 0.157. The second-order valence-electron chi connectivity index (χ2n) is 4.81. The Kier molecular flexibility index (Phi) is 3.16. The van der Waals surface area contributed by atoms with E-state index < -0.39 is 0 Å². The zero-order chi connectivity index (χ0) is 12.5. The molecule has 1 aromatic carbocycles. The molecule has 3 rings (SSSR count). The lowest BCUT2D eigenvalue weighted by atomic mass is 10.1. The molecule has 0 saturated heterocycles. The zero-order valence-electron chi connectivity index (χ0n) is 10.3. The fourth-order valence-electron chi connectivity index (χ4n) is 2.64. The Morgan fingerprint density at radius 2 is 2.28 bits per heavy atom. The summed E-state index contributed by atoms with van der Waals surface area (Å²) >= 11 is 1.61. The molecule has 0 radical (unpaired) electrons. The van der Waals surface area contributed by atoms with Crippen LogP contribution in [0.4, 0.5) is 0 Å². The molecule has 1 aliphatic carbocycles. The first kappa shape index (κ1) is 11.8. The van der Waals surface area contributed by atoms with Crippen LogP contribution in [-0.2, 0) is 13.0 Å². The molecule has 1 N–H and O–H groups in total. The average Bonchev–Trinajstić information content (AvgIpc) is 2.98. The number of aromatic nitrogens is 1. The van der Waals surface area contributed by atoms with Gasteiger partial charge in [-0.25, -0.2) is 4.98 Å². The topological polar surface area (TPSA) is 36.4 Å². The maximum atomic E-state index is 10.4. The molecule has 2 atom stereocenters. The van der Waals surface area contributed by atoms with Crippen LogP contribution in [0, 0.1) is 0 Å². The van der Waals surface area contributed by atoms with Crippen molar-refractivity contribution in [2.24, 2.45) is 0 Å². The molecule has 18 heavy (non-hydrogen) atoms. The summed E-state index contributed by atoms with van der Waals surface area (Å²) in [5, 5.41) is 12.4. The Morgan fingerprint density at radius 1 is 1.44 bits per heavy atom. The van der Waals surface area contributed by atoms with Crippen LogP contribution in [0.3, 0.4) is 0 Å². The van der Waals surface area contributed by atoms with Gasteiger partial charge < -0.3 is 5.11 Å². The number of hydrogen-bond donors (Lipinski definition) is 1. The smallest absolute Gasteiger partial charge is 0.0951 e. The van der Waals surface area contributed by atoms with Crippen molar-refractivity contribution in [1.82, 2.24) is 9.88 Å². The van der Waals surface area contributed by atoms with Crippen molar-refractivity contribution in [3.63, 3.8) is 0 Å². The minimum Gasteiger partial charge on any atom is -0.387 e. The highest BCUT2D eigenvalue weighted by atomic mass is 32.1. The highest BCUT2D eigenvalue weighted by molar-refractivity contribution is 7.07. The van der Waals surface area contributed by atoms with Gasteiger partial charge in [0.2, 0.25) is 0 Å². The van der Waals surface area contributed by atoms with Crippen molar-refractivity contribution in [2.45, 2.75) is 25.1 Å². The fraction of sp³-hybridized carbons (Fsp3) is 0.357. The number of fused-ring (bicyclic) bond motifs is 1. The van der Waals surface area contributed by atoms with E-state index in [2.05, 4.69) is 28.4 Å². The average molecular weight is 260 g/mol. The van der Waals surface area contributed by atoms with Crippen molar-refractivity contribution in [2.75, 3.05) is 7.05 Å². The van der Waals surface area contributed by atoms with Crippen LogP contribution in [0.1, 0.15) is 22.9 Å². The Balaban J connectivity index is 1.75. The van der Waals surface area contributed by atoms with Gasteiger partial charge >= 0.3 is 0 Å². The van der Waals surface area contributed by atoms with Gasteiger partial charge in [-0.2, -0.15) is 0 Å². The lowest BCUT2D eigenvalue weighted by Crippen LogP contribution is -2.34. The van der Waals surface area contributed by atoms with Crippen molar-refractivity contribution in [3.05, 3.63) is 52.0 Å². The number of hydrogen-bond acceptors (Lipinski definition) is 4. The molecule has 2 unspecified atom stereocenters. The molecule has 0 bridgehead atoms. The van der Waals surface area contributed by atoms with E-state index in [0.717, 1.165) is 24.2 Å². The van der Waals surface area contributed by atoms with Crippen LogP contribution in [0.5, 0.6) is 0 Å². The molecule has 2 aromatic rings. The van der Waals surface area contributed by atoms with Gasteiger partial charge in [0.15, 0.2) is 0 Å². The van der Waals surface area contributed by atoms with Crippen LogP contribution in [-0.4, -0.2) is 28.1 Å². The van der Waals surface area contributed by atoms with Gasteiger partial charge in [0.1, 0.15) is 0 Å². The third-order valence-electron chi connectivity index (χ3n) is 3.63. The summed E-state index contributed by atoms with van der Waals surface area (Å²) in [6.07, 6.45) is 0.530. The third-order valence-corrected chi connectivity index (χ3v) is 4.26. The molecule has 1 heterocycles. The first-order chi connectivity index (χ1) is 8.75. The highest BCUT2D eigenvalue weighted by Crippen LogP contribution is 2.34. The van der Waals surface area contributed by atoms with Crippen LogP contribution in [0.15, 0.2) is 35.2 Å². The van der Waals surface area contributed by atoms with E-state index >= 15 is 0 Å². The van der Waals surface area contributed by atoms with Crippen molar-refractivity contribution in [1.29, 1.82) is 0 Å². The monoisotopic (exact) mass is 260 g/mol. The summed E-state index contributed by atoms with van der Waals surface area (Å²) in [6.45, 7) is 0.791. The Bertz CT molecular complexity index is 526. The molecule has 0 amide bonds. The van der Waals surface area contributed by atoms with Crippen molar-refractivity contribution >= 4 is 11.3 Å². The van der Waals surface area contributed by atoms with E-state index in [4.69, 9.17) is 0 Å². The second-order valence-corrected chi connectivity index (χ2v) is 5.53. The highest BCUT2D eigenvalue weighted by Gasteiger charge is 2.33. The second kappa shape index (κ2) is 4.80. The van der Waals surface area contributed by atoms with Gasteiger partial charge in [0.05, 0.1) is 17.3 Å². The fourth-order valence-corrected chi connectivity index (χ4v) is 3.19. The molecule has 3 nitrogen and oxygen atoms in total. The third kappa shape index (κ3) is 2.07. The normalized spacial score (nSPS) is 22.4. The molecule has 0 aliphatic heterocycles. The molecule has 4 heteroatoms. The zero-order valence-corrected chi connectivity index (χ0v) is 11.1. The first-order valence-electron chi connectivity index (χ1n) is 6.09. The van der Waals surface area contributed by atoms with Crippen molar-refractivity contribution < 1.29 is 5.11 Å². The number of thiazole rings is 1. The molecule has 0 spiro atoms. The summed E-state index contributed by atoms with van der Waals surface area (Å²) in [7, 11) is 2.05. The molecular weight excluding hydrogens is 244 g/mol. The standard InChI is InChI=1S/C14H16N2OS/c1-16(7-11-8-18-9-15-11)13-6-10-4-2-3-5-12(10)14(13)17/h2-5,8-9,13-14,17H,6-7H2,1H3. The predicted octanol–water partition coefficient (Wildman–Crippen LogP) is 2.23. The van der Waals surface area contributed by atoms with Gasteiger partial charge in [-0.1, -0.05) is 24.3 Å². The SMILES string of the molecule is CN(Cc1cscn1)C1Cc2ccccc2C1O. The summed E-state index contributed by atoms with van der Waals surface area (Å²) < 4.78 is 0. The Hall–Kier alpha value is -1.23. The van der Waals surface area contributed by atoms with E-state index in [-0.39, 0.29) is 12.1 Å². The lowest BCUT2D eigenvalue weighted by Gasteiger charge is -2.26. The van der Waals surface area contributed by atoms with Gasteiger partial charge in [0.25, 0.3) is 0 Å². The summed E-state index contributed by atoms with van der Waals surface area (Å²) in [5.41, 5.74) is 5.27. The first-order valence-corrected chi connectivity index (χ1v) is 7.03. The van der Waals surface area contributed by atoms with Crippen LogP contribution in [0.25, 0.3) is 0 Å². The van der Waals surface area contributed by atoms with Crippen LogP contribution in [0.2, 0.25) is 0 Å². The summed E-state index contributed by atoms with van der Waals surface area (Å²) in [5.74, 6) is 0. The van der Waals surface area contributed by atoms with Crippen molar-refractivity contribution in [3.8, 4) is 0 Å². The number of benzene rings is 1. The van der Waals surface area contributed by atoms with E-state index in [0.29, 0.717) is 0 Å². The lowest BCUT2D eigenvalue weighted by molar-refractivity contribution is 0.0716. The summed E-state index contributed by atoms with van der Waals surface area (Å²) in [6, 6.07) is 8.31. The maximum Gasteiger partial charge on any atom is 0.0951 e. The minimum atomic E-state index is -0.384. The maximum absolute atomic E-state index is 10.4. The predicted molar refractivity (Wildman–Crippen MR) is 72.5 cm³/mol. The number of nitrogens with zero attached hydrogens (tertiary/aromatic N) is 2. The number of aliphatic hydroxyl groups excluding tert-OH is 1. The number of likely N-dealkylation sites (N-methyl/N-ethyl adjacent to an activating group) is 1. The van der Waals surface area contributed by atoms with E-state index in [1.54, 1.807) is 11.3 Å². The number of rotatable bonds is 3. The summed E-state index contributed by atoms with van der Waals surface area (Å²) in [4.78, 5) is 6.49. The Morgan fingerprint density at radius 3 is 3.00 bits per heavy atom. The number of aliphatic hydroxyl groups is 1. The van der Waals surface area contributed by atoms with Gasteiger partial charge in [0, 0.05) is 18.0 Å². The van der Waals surface area contributed by atoms with Gasteiger partial charge in [-0.15, -0.1) is 11.3 Å². The molecule has 0 fully saturated rings.